The zero-order chi connectivity index (χ0) is 10.1. The zero-order valence-electron chi connectivity index (χ0n) is 8.62. The number of benzene rings is 1. The van der Waals surface area contributed by atoms with E-state index in [2.05, 4.69) is 11.6 Å². The molecule has 0 radical (unpaired) electrons. The van der Waals surface area contributed by atoms with Crippen LogP contribution in [0.15, 0.2) is 35.8 Å². The van der Waals surface area contributed by atoms with Gasteiger partial charge in [-0.15, -0.1) is 0 Å². The molecule has 0 aliphatic rings. The molecule has 0 saturated carbocycles. The van der Waals surface area contributed by atoms with Crippen LogP contribution in [0, 0.1) is 0 Å². The molecule has 0 unspecified atom stereocenters. The molecule has 0 aliphatic heterocycles. The van der Waals surface area contributed by atoms with Crippen molar-refractivity contribution in [3.8, 4) is 0 Å². The highest BCUT2D eigenvalue weighted by molar-refractivity contribution is 5.85. The Morgan fingerprint density at radius 1 is 1.15 bits per heavy atom. The van der Waals surface area contributed by atoms with Crippen LogP contribution in [-0.2, 0) is 0 Å². The molecule has 0 spiro atoms. The van der Waals surface area contributed by atoms with Gasteiger partial charge >= 0.3 is 0 Å². The van der Waals surface area contributed by atoms with Crippen molar-refractivity contribution in [1.82, 2.24) is 0 Å². The van der Waals surface area contributed by atoms with Crippen molar-refractivity contribution in [2.24, 2.45) is 4.99 Å². The molecule has 1 rings (SSSR count). The predicted molar refractivity (Wildman–Crippen MR) is 61.4 cm³/mol. The lowest BCUT2D eigenvalue weighted by Gasteiger charge is -1.96. The maximum Gasteiger partial charge on any atom is 0.0287 e. The van der Waals surface area contributed by atoms with E-state index in [1.165, 1.54) is 0 Å². The molecule has 1 heteroatoms. The third-order valence-corrected chi connectivity index (χ3v) is 1.48. The van der Waals surface area contributed by atoms with E-state index >= 15 is 0 Å². The van der Waals surface area contributed by atoms with E-state index in [9.17, 15) is 0 Å². The van der Waals surface area contributed by atoms with Crippen molar-refractivity contribution in [2.75, 3.05) is 7.05 Å². The van der Waals surface area contributed by atoms with E-state index in [-0.39, 0.29) is 0 Å². The van der Waals surface area contributed by atoms with Crippen LogP contribution < -0.4 is 0 Å². The summed E-state index contributed by atoms with van der Waals surface area (Å²) in [5.74, 6) is 0. The number of nitrogens with zero attached hydrogens (tertiary/aromatic N) is 1. The second-order valence-electron chi connectivity index (χ2n) is 2.22. The van der Waals surface area contributed by atoms with Crippen LogP contribution in [-0.4, -0.2) is 13.3 Å². The molecule has 0 fully saturated rings. The molecule has 1 aromatic carbocycles. The van der Waals surface area contributed by atoms with Crippen molar-refractivity contribution in [3.63, 3.8) is 0 Å². The lowest BCUT2D eigenvalue weighted by Crippen LogP contribution is -1.84. The minimum Gasteiger partial charge on any atom is -0.296 e. The quantitative estimate of drug-likeness (QED) is 0.611. The van der Waals surface area contributed by atoms with Crippen LogP contribution in [0.5, 0.6) is 0 Å². The summed E-state index contributed by atoms with van der Waals surface area (Å²) in [5.41, 5.74) is 2.24. The molecule has 0 heterocycles. The van der Waals surface area contributed by atoms with Gasteiger partial charge in [0.25, 0.3) is 0 Å². The molecular weight excluding hydrogens is 158 g/mol. The summed E-state index contributed by atoms with van der Waals surface area (Å²) in [7, 11) is 1.76. The summed E-state index contributed by atoms with van der Waals surface area (Å²) >= 11 is 0. The molecule has 1 aromatic rings. The first kappa shape index (κ1) is 11.6. The Bertz CT molecular complexity index is 274. The smallest absolute Gasteiger partial charge is 0.0287 e. The first-order valence-corrected chi connectivity index (χ1v) is 4.52. The third-order valence-electron chi connectivity index (χ3n) is 1.48. The van der Waals surface area contributed by atoms with E-state index in [0.29, 0.717) is 0 Å². The fraction of sp³-hybridized carbons (Fsp3) is 0.250. The van der Waals surface area contributed by atoms with Gasteiger partial charge in [0, 0.05) is 13.3 Å². The van der Waals surface area contributed by atoms with Crippen molar-refractivity contribution < 1.29 is 0 Å². The molecule has 0 bridgehead atoms. The van der Waals surface area contributed by atoms with Crippen molar-refractivity contribution in [2.45, 2.75) is 13.8 Å². The fourth-order valence-electron chi connectivity index (χ4n) is 0.953. The largest absolute Gasteiger partial charge is 0.296 e. The molecule has 0 atom stereocenters. The highest BCUT2D eigenvalue weighted by atomic mass is 14.6. The monoisotopic (exact) mass is 175 g/mol. The lowest BCUT2D eigenvalue weighted by molar-refractivity contribution is 1.46. The second kappa shape index (κ2) is 7.29. The SMILES string of the molecule is C=Cc1ccccc1C=NC.CC. The maximum absolute atomic E-state index is 3.94. The molecule has 70 valence electrons. The van der Waals surface area contributed by atoms with Crippen LogP contribution in [0.25, 0.3) is 6.08 Å². The molecule has 0 aromatic heterocycles. The minimum absolute atomic E-state index is 1.12. The van der Waals surface area contributed by atoms with E-state index in [0.717, 1.165) is 11.1 Å². The van der Waals surface area contributed by atoms with Gasteiger partial charge in [0.05, 0.1) is 0 Å². The van der Waals surface area contributed by atoms with Crippen molar-refractivity contribution >= 4 is 12.3 Å². The lowest BCUT2D eigenvalue weighted by atomic mass is 10.1. The highest BCUT2D eigenvalue weighted by Gasteiger charge is 1.91. The fourth-order valence-corrected chi connectivity index (χ4v) is 0.953. The Kier molecular flexibility index (Phi) is 6.52. The standard InChI is InChI=1S/C10H11N.C2H6/c1-3-9-6-4-5-7-10(9)8-11-2;1-2/h3-8H,1H2,2H3;1-2H3. The van der Waals surface area contributed by atoms with Crippen LogP contribution in [0.3, 0.4) is 0 Å². The van der Waals surface area contributed by atoms with Gasteiger partial charge < -0.3 is 0 Å². The van der Waals surface area contributed by atoms with Gasteiger partial charge in [0.15, 0.2) is 0 Å². The van der Waals surface area contributed by atoms with Gasteiger partial charge in [0.1, 0.15) is 0 Å². The Morgan fingerprint density at radius 3 is 2.15 bits per heavy atom. The number of aliphatic imine (C=N–C) groups is 1. The Hall–Kier alpha value is -1.37. The normalized spacial score (nSPS) is 9.15. The van der Waals surface area contributed by atoms with Crippen LogP contribution in [0.4, 0.5) is 0 Å². The van der Waals surface area contributed by atoms with E-state index in [4.69, 9.17) is 0 Å². The van der Waals surface area contributed by atoms with Gasteiger partial charge in [-0.05, 0) is 11.1 Å². The third kappa shape index (κ3) is 3.70. The number of hydrogen-bond donors (Lipinski definition) is 0. The molecule has 0 aliphatic carbocycles. The second-order valence-corrected chi connectivity index (χ2v) is 2.22. The van der Waals surface area contributed by atoms with Crippen molar-refractivity contribution in [1.29, 1.82) is 0 Å². The molecular formula is C12H17N. The van der Waals surface area contributed by atoms with E-state index in [1.54, 1.807) is 7.05 Å². The summed E-state index contributed by atoms with van der Waals surface area (Å²) in [5, 5.41) is 0. The van der Waals surface area contributed by atoms with Gasteiger partial charge in [-0.25, -0.2) is 0 Å². The molecule has 0 N–H and O–H groups in total. The van der Waals surface area contributed by atoms with Crippen LogP contribution in [0.2, 0.25) is 0 Å². The first-order valence-electron chi connectivity index (χ1n) is 4.52. The topological polar surface area (TPSA) is 12.4 Å². The van der Waals surface area contributed by atoms with Crippen LogP contribution in [0.1, 0.15) is 25.0 Å². The summed E-state index contributed by atoms with van der Waals surface area (Å²) in [6.07, 6.45) is 3.66. The number of hydrogen-bond acceptors (Lipinski definition) is 1. The van der Waals surface area contributed by atoms with Gasteiger partial charge in [-0.1, -0.05) is 50.8 Å². The number of rotatable bonds is 2. The molecule has 1 nitrogen and oxygen atoms in total. The molecule has 0 saturated heterocycles. The van der Waals surface area contributed by atoms with E-state index < -0.39 is 0 Å². The Morgan fingerprint density at radius 2 is 1.69 bits per heavy atom. The summed E-state index contributed by atoms with van der Waals surface area (Å²) < 4.78 is 0. The highest BCUT2D eigenvalue weighted by Crippen LogP contribution is 2.06. The first-order chi connectivity index (χ1) is 6.38. The van der Waals surface area contributed by atoms with Crippen molar-refractivity contribution in [3.05, 3.63) is 42.0 Å². The molecule has 13 heavy (non-hydrogen) atoms. The Balaban J connectivity index is 0.000000671. The van der Waals surface area contributed by atoms with Gasteiger partial charge in [0.2, 0.25) is 0 Å². The van der Waals surface area contributed by atoms with Crippen LogP contribution >= 0.6 is 0 Å². The van der Waals surface area contributed by atoms with Gasteiger partial charge in [-0.2, -0.15) is 0 Å². The molecule has 0 amide bonds. The average Bonchev–Trinajstić information content (AvgIpc) is 2.22. The predicted octanol–water partition coefficient (Wildman–Crippen LogP) is 3.40. The summed E-state index contributed by atoms with van der Waals surface area (Å²) in [6.45, 7) is 7.71. The average molecular weight is 175 g/mol. The van der Waals surface area contributed by atoms with E-state index in [1.807, 2.05) is 50.4 Å². The summed E-state index contributed by atoms with van der Waals surface area (Å²) in [6, 6.07) is 8.02. The van der Waals surface area contributed by atoms with Gasteiger partial charge in [-0.3, -0.25) is 4.99 Å². The summed E-state index contributed by atoms with van der Waals surface area (Å²) in [4.78, 5) is 3.94. The minimum atomic E-state index is 1.12. The Labute approximate surface area is 80.8 Å². The maximum atomic E-state index is 3.94. The zero-order valence-corrected chi connectivity index (χ0v) is 8.62.